The quantitative estimate of drug-likeness (QED) is 0.781. The van der Waals surface area contributed by atoms with E-state index < -0.39 is 0 Å². The van der Waals surface area contributed by atoms with Crippen LogP contribution in [0.2, 0.25) is 0 Å². The van der Waals surface area contributed by atoms with Crippen molar-refractivity contribution in [2.24, 2.45) is 0 Å². The van der Waals surface area contributed by atoms with Gasteiger partial charge in [0.05, 0.1) is 6.04 Å². The van der Waals surface area contributed by atoms with Crippen LogP contribution in [0.5, 0.6) is 0 Å². The lowest BCUT2D eigenvalue weighted by Gasteiger charge is -2.29. The number of fused-ring (bicyclic) bond motifs is 2. The van der Waals surface area contributed by atoms with Gasteiger partial charge >= 0.3 is 0 Å². The van der Waals surface area contributed by atoms with Gasteiger partial charge in [0.1, 0.15) is 5.82 Å². The highest BCUT2D eigenvalue weighted by molar-refractivity contribution is 5.95. The zero-order chi connectivity index (χ0) is 20.0. The summed E-state index contributed by atoms with van der Waals surface area (Å²) in [6, 6.07) is 6.26. The number of nitrogens with zero attached hydrogens (tertiary/aromatic N) is 6. The molecule has 1 aromatic heterocycles. The van der Waals surface area contributed by atoms with E-state index in [9.17, 15) is 4.79 Å². The highest BCUT2D eigenvalue weighted by Gasteiger charge is 2.35. The third-order valence-electron chi connectivity index (χ3n) is 6.77. The molecule has 1 saturated heterocycles. The molecular weight excluding hydrogens is 364 g/mol. The van der Waals surface area contributed by atoms with Crippen molar-refractivity contribution >= 4 is 11.6 Å². The first-order valence-electron chi connectivity index (χ1n) is 10.9. The molecule has 0 saturated carbocycles. The number of amides is 1. The van der Waals surface area contributed by atoms with E-state index in [1.807, 2.05) is 11.0 Å². The number of benzene rings is 1. The van der Waals surface area contributed by atoms with Crippen LogP contribution in [0.3, 0.4) is 0 Å². The summed E-state index contributed by atoms with van der Waals surface area (Å²) < 4.78 is 2.27. The molecular formula is C22H30N6O. The van der Waals surface area contributed by atoms with Crippen molar-refractivity contribution in [3.63, 3.8) is 0 Å². The van der Waals surface area contributed by atoms with Crippen LogP contribution in [-0.2, 0) is 19.4 Å². The number of carbonyl (C=O) groups is 1. The molecule has 5 rings (SSSR count). The van der Waals surface area contributed by atoms with Crippen LogP contribution in [0.25, 0.3) is 0 Å². The van der Waals surface area contributed by atoms with E-state index in [4.69, 9.17) is 0 Å². The Kier molecular flexibility index (Phi) is 4.78. The summed E-state index contributed by atoms with van der Waals surface area (Å²) in [6.45, 7) is 4.79. The van der Waals surface area contributed by atoms with Gasteiger partial charge in [-0.05, 0) is 56.5 Å². The van der Waals surface area contributed by atoms with E-state index in [0.717, 1.165) is 82.0 Å². The zero-order valence-corrected chi connectivity index (χ0v) is 17.5. The summed E-state index contributed by atoms with van der Waals surface area (Å²) in [4.78, 5) is 20.1. The largest absolute Gasteiger partial charge is 0.374 e. The molecule has 0 radical (unpaired) electrons. The summed E-state index contributed by atoms with van der Waals surface area (Å²) >= 11 is 0. The minimum atomic E-state index is 0.0332. The summed E-state index contributed by atoms with van der Waals surface area (Å²) in [7, 11) is 4.28. The normalized spacial score (nSPS) is 22.3. The fourth-order valence-corrected chi connectivity index (χ4v) is 5.06. The molecule has 7 heteroatoms. The van der Waals surface area contributed by atoms with Gasteiger partial charge in [-0.25, -0.2) is 0 Å². The summed E-state index contributed by atoms with van der Waals surface area (Å²) in [5.74, 6) is 2.16. The Labute approximate surface area is 172 Å². The highest BCUT2D eigenvalue weighted by atomic mass is 16.2. The Balaban J connectivity index is 1.42. The number of hydrogen-bond donors (Lipinski definition) is 0. The maximum Gasteiger partial charge on any atom is 0.254 e. The van der Waals surface area contributed by atoms with Crippen LogP contribution in [0.1, 0.15) is 52.9 Å². The van der Waals surface area contributed by atoms with Crippen LogP contribution in [0, 0.1) is 0 Å². The van der Waals surface area contributed by atoms with Gasteiger partial charge in [0.25, 0.3) is 5.91 Å². The number of aryl methyl sites for hydroxylation is 1. The van der Waals surface area contributed by atoms with Crippen LogP contribution in [0.15, 0.2) is 18.2 Å². The molecule has 0 aliphatic carbocycles. The Hall–Kier alpha value is -2.41. The second kappa shape index (κ2) is 7.44. The molecule has 7 nitrogen and oxygen atoms in total. The molecule has 3 aliphatic rings. The van der Waals surface area contributed by atoms with Crippen LogP contribution in [-0.4, -0.2) is 70.7 Å². The molecule has 154 valence electrons. The molecule has 0 spiro atoms. The average molecular weight is 395 g/mol. The van der Waals surface area contributed by atoms with Crippen LogP contribution >= 0.6 is 0 Å². The van der Waals surface area contributed by atoms with Crippen molar-refractivity contribution in [1.82, 2.24) is 24.6 Å². The lowest BCUT2D eigenvalue weighted by Crippen LogP contribution is -2.33. The number of likely N-dealkylation sites (N-methyl/N-ethyl adjacent to an activating group) is 1. The first-order chi connectivity index (χ1) is 14.1. The maximum atomic E-state index is 13.5. The number of likely N-dealkylation sites (tertiary alicyclic amines) is 1. The SMILES string of the molecule is CN1CCc2nnc(C3CCCN3C(=O)c3ccc4c(c3)CCCN4C)n2CC1. The van der Waals surface area contributed by atoms with Gasteiger partial charge in [-0.1, -0.05) is 0 Å². The van der Waals surface area contributed by atoms with Gasteiger partial charge < -0.3 is 19.3 Å². The Morgan fingerprint density at radius 3 is 2.79 bits per heavy atom. The van der Waals surface area contributed by atoms with E-state index >= 15 is 0 Å². The van der Waals surface area contributed by atoms with Crippen molar-refractivity contribution in [2.75, 3.05) is 45.2 Å². The van der Waals surface area contributed by atoms with E-state index in [1.54, 1.807) is 0 Å². The lowest BCUT2D eigenvalue weighted by molar-refractivity contribution is 0.0727. The van der Waals surface area contributed by atoms with E-state index in [2.05, 4.69) is 50.8 Å². The molecule has 4 heterocycles. The Morgan fingerprint density at radius 2 is 1.90 bits per heavy atom. The number of aromatic nitrogens is 3. The van der Waals surface area contributed by atoms with Gasteiger partial charge in [-0.2, -0.15) is 0 Å². The predicted molar refractivity (Wildman–Crippen MR) is 112 cm³/mol. The number of carbonyl (C=O) groups excluding carboxylic acids is 1. The van der Waals surface area contributed by atoms with E-state index in [-0.39, 0.29) is 11.9 Å². The highest BCUT2D eigenvalue weighted by Crippen LogP contribution is 2.34. The summed E-state index contributed by atoms with van der Waals surface area (Å²) in [5.41, 5.74) is 3.36. The standard InChI is InChI=1S/C22H30N6O/c1-25-12-9-20-23-24-21(28(20)14-13-25)19-6-4-11-27(19)22(29)17-7-8-18-16(15-17)5-3-10-26(18)2/h7-8,15,19H,3-6,9-14H2,1-2H3. The molecule has 1 fully saturated rings. The average Bonchev–Trinajstić information content (AvgIpc) is 3.32. The number of hydrogen-bond acceptors (Lipinski definition) is 5. The van der Waals surface area contributed by atoms with Gasteiger partial charge in [-0.15, -0.1) is 10.2 Å². The molecule has 2 aromatic rings. The third kappa shape index (κ3) is 3.31. The van der Waals surface area contributed by atoms with Crippen molar-refractivity contribution in [2.45, 2.75) is 44.7 Å². The minimum Gasteiger partial charge on any atom is -0.374 e. The topological polar surface area (TPSA) is 57.5 Å². The second-order valence-corrected chi connectivity index (χ2v) is 8.70. The lowest BCUT2D eigenvalue weighted by atomic mass is 9.99. The Bertz CT molecular complexity index is 922. The van der Waals surface area contributed by atoms with Crippen molar-refractivity contribution in [3.05, 3.63) is 41.0 Å². The molecule has 1 amide bonds. The molecule has 1 unspecified atom stereocenters. The minimum absolute atomic E-state index is 0.0332. The molecule has 1 atom stereocenters. The van der Waals surface area contributed by atoms with Crippen molar-refractivity contribution < 1.29 is 4.79 Å². The van der Waals surface area contributed by atoms with E-state index in [0.29, 0.717) is 0 Å². The van der Waals surface area contributed by atoms with Crippen LogP contribution in [0.4, 0.5) is 5.69 Å². The van der Waals surface area contributed by atoms with Gasteiger partial charge in [0.2, 0.25) is 0 Å². The third-order valence-corrected chi connectivity index (χ3v) is 6.77. The monoisotopic (exact) mass is 394 g/mol. The molecule has 0 bridgehead atoms. The molecule has 1 aromatic carbocycles. The Morgan fingerprint density at radius 1 is 1.00 bits per heavy atom. The van der Waals surface area contributed by atoms with Gasteiger partial charge in [0, 0.05) is 57.4 Å². The summed E-state index contributed by atoms with van der Waals surface area (Å²) in [5, 5.41) is 9.02. The fraction of sp³-hybridized carbons (Fsp3) is 0.591. The number of rotatable bonds is 2. The number of anilines is 1. The first kappa shape index (κ1) is 18.6. The van der Waals surface area contributed by atoms with Crippen LogP contribution < -0.4 is 4.90 Å². The van der Waals surface area contributed by atoms with E-state index in [1.165, 1.54) is 11.3 Å². The summed E-state index contributed by atoms with van der Waals surface area (Å²) in [6.07, 6.45) is 5.10. The predicted octanol–water partition coefficient (Wildman–Crippen LogP) is 2.13. The van der Waals surface area contributed by atoms with Gasteiger partial charge in [-0.3, -0.25) is 4.79 Å². The molecule has 3 aliphatic heterocycles. The van der Waals surface area contributed by atoms with Crippen molar-refractivity contribution in [3.8, 4) is 0 Å². The van der Waals surface area contributed by atoms with Crippen molar-refractivity contribution in [1.29, 1.82) is 0 Å². The fourth-order valence-electron chi connectivity index (χ4n) is 5.06. The second-order valence-electron chi connectivity index (χ2n) is 8.70. The molecule has 0 N–H and O–H groups in total. The maximum absolute atomic E-state index is 13.5. The van der Waals surface area contributed by atoms with Gasteiger partial charge in [0.15, 0.2) is 5.82 Å². The zero-order valence-electron chi connectivity index (χ0n) is 17.5. The first-order valence-corrected chi connectivity index (χ1v) is 10.9. The smallest absolute Gasteiger partial charge is 0.254 e. The molecule has 29 heavy (non-hydrogen) atoms.